The summed E-state index contributed by atoms with van der Waals surface area (Å²) in [6.07, 6.45) is 5.91. The van der Waals surface area contributed by atoms with Crippen molar-refractivity contribution in [2.24, 2.45) is 11.8 Å². The quantitative estimate of drug-likeness (QED) is 0.782. The highest BCUT2D eigenvalue weighted by Crippen LogP contribution is 2.37. The summed E-state index contributed by atoms with van der Waals surface area (Å²) in [6, 6.07) is 0. The van der Waals surface area contributed by atoms with Crippen molar-refractivity contribution in [1.82, 2.24) is 4.90 Å². The lowest BCUT2D eigenvalue weighted by Gasteiger charge is -2.47. The Hall–Kier alpha value is -0.0800. The molecule has 1 rings (SSSR count). The Balaban J connectivity index is 2.79. The number of likely N-dealkylation sites (N-methyl/N-ethyl adjacent to an activating group) is 1. The highest BCUT2D eigenvalue weighted by molar-refractivity contribution is 4.95. The fourth-order valence-electron chi connectivity index (χ4n) is 3.84. The first-order valence-electron chi connectivity index (χ1n) is 7.92. The first kappa shape index (κ1) is 16.0. The summed E-state index contributed by atoms with van der Waals surface area (Å²) in [5.74, 6) is 1.29. The van der Waals surface area contributed by atoms with Gasteiger partial charge in [-0.15, -0.1) is 0 Å². The minimum absolute atomic E-state index is 0.0504. The molecule has 1 fully saturated rings. The lowest BCUT2D eigenvalue weighted by molar-refractivity contribution is -0.0630. The monoisotopic (exact) mass is 255 g/mol. The standard InChI is InChI=1S/C16H33NO/c1-6-16(5,17(7-2)8-3)15(18)14-11-9-10-13(4)12-14/h13-15,18H,6-12H2,1-5H3. The molecule has 1 N–H and O–H groups in total. The molecule has 0 aromatic rings. The number of hydrogen-bond donors (Lipinski definition) is 1. The van der Waals surface area contributed by atoms with Crippen LogP contribution in [-0.2, 0) is 0 Å². The molecule has 0 spiro atoms. The largest absolute Gasteiger partial charge is 0.391 e. The molecular weight excluding hydrogens is 222 g/mol. The molecule has 108 valence electrons. The number of aliphatic hydroxyl groups is 1. The molecular formula is C16H33NO. The van der Waals surface area contributed by atoms with Gasteiger partial charge in [0.2, 0.25) is 0 Å². The first-order chi connectivity index (χ1) is 8.49. The van der Waals surface area contributed by atoms with Crippen molar-refractivity contribution in [3.05, 3.63) is 0 Å². The fourth-order valence-corrected chi connectivity index (χ4v) is 3.84. The third kappa shape index (κ3) is 3.27. The molecule has 4 atom stereocenters. The summed E-state index contributed by atoms with van der Waals surface area (Å²) >= 11 is 0. The van der Waals surface area contributed by atoms with E-state index in [0.717, 1.165) is 25.4 Å². The smallest absolute Gasteiger partial charge is 0.0749 e. The molecule has 0 amide bonds. The Labute approximate surface area is 114 Å². The zero-order valence-electron chi connectivity index (χ0n) is 13.1. The molecule has 4 unspecified atom stereocenters. The van der Waals surface area contributed by atoms with Gasteiger partial charge in [-0.1, -0.05) is 40.5 Å². The molecule has 0 saturated heterocycles. The molecule has 1 aliphatic rings. The molecule has 18 heavy (non-hydrogen) atoms. The zero-order chi connectivity index (χ0) is 13.8. The molecule has 0 radical (unpaired) electrons. The Kier molecular flexibility index (Phi) is 6.13. The van der Waals surface area contributed by atoms with Crippen LogP contribution in [0, 0.1) is 11.8 Å². The van der Waals surface area contributed by atoms with Crippen LogP contribution >= 0.6 is 0 Å². The predicted molar refractivity (Wildman–Crippen MR) is 78.7 cm³/mol. The lowest BCUT2D eigenvalue weighted by atomic mass is 9.72. The second-order valence-electron chi connectivity index (χ2n) is 6.36. The van der Waals surface area contributed by atoms with E-state index < -0.39 is 0 Å². The molecule has 2 heteroatoms. The van der Waals surface area contributed by atoms with Crippen LogP contribution in [0.4, 0.5) is 0 Å². The summed E-state index contributed by atoms with van der Waals surface area (Å²) < 4.78 is 0. The molecule has 1 aliphatic carbocycles. The summed E-state index contributed by atoms with van der Waals surface area (Å²) in [5, 5.41) is 10.9. The molecule has 0 bridgehead atoms. The van der Waals surface area contributed by atoms with Crippen molar-refractivity contribution < 1.29 is 5.11 Å². The van der Waals surface area contributed by atoms with Crippen LogP contribution < -0.4 is 0 Å². The number of nitrogens with zero attached hydrogens (tertiary/aromatic N) is 1. The van der Waals surface area contributed by atoms with Crippen LogP contribution in [0.25, 0.3) is 0 Å². The molecule has 1 saturated carbocycles. The Morgan fingerprint density at radius 2 is 1.83 bits per heavy atom. The maximum atomic E-state index is 10.9. The lowest BCUT2D eigenvalue weighted by Crippen LogP contribution is -2.57. The molecule has 0 aromatic carbocycles. The van der Waals surface area contributed by atoms with Gasteiger partial charge in [0, 0.05) is 5.54 Å². The van der Waals surface area contributed by atoms with Gasteiger partial charge in [0.1, 0.15) is 0 Å². The van der Waals surface area contributed by atoms with E-state index >= 15 is 0 Å². The third-order valence-electron chi connectivity index (χ3n) is 5.26. The van der Waals surface area contributed by atoms with E-state index in [0.29, 0.717) is 5.92 Å². The highest BCUT2D eigenvalue weighted by Gasteiger charge is 2.41. The average molecular weight is 255 g/mol. The Bertz CT molecular complexity index is 239. The van der Waals surface area contributed by atoms with Crippen LogP contribution in [0.3, 0.4) is 0 Å². The fraction of sp³-hybridized carbons (Fsp3) is 1.00. The van der Waals surface area contributed by atoms with Crippen LogP contribution in [-0.4, -0.2) is 34.7 Å². The molecule has 0 heterocycles. The summed E-state index contributed by atoms with van der Waals surface area (Å²) in [7, 11) is 0. The van der Waals surface area contributed by atoms with E-state index in [9.17, 15) is 5.11 Å². The third-order valence-corrected chi connectivity index (χ3v) is 5.26. The van der Waals surface area contributed by atoms with Gasteiger partial charge in [0.15, 0.2) is 0 Å². The summed E-state index contributed by atoms with van der Waals surface area (Å²) in [5.41, 5.74) is -0.0504. The summed E-state index contributed by atoms with van der Waals surface area (Å²) in [4.78, 5) is 2.44. The first-order valence-corrected chi connectivity index (χ1v) is 7.92. The van der Waals surface area contributed by atoms with E-state index in [2.05, 4.69) is 39.5 Å². The SMILES string of the molecule is CCN(CC)C(C)(CC)C(O)C1CCCC(C)C1. The zero-order valence-corrected chi connectivity index (χ0v) is 13.1. The highest BCUT2D eigenvalue weighted by atomic mass is 16.3. The molecule has 2 nitrogen and oxygen atoms in total. The van der Waals surface area contributed by atoms with E-state index in [1.807, 2.05) is 0 Å². The van der Waals surface area contributed by atoms with Gasteiger partial charge >= 0.3 is 0 Å². The maximum Gasteiger partial charge on any atom is 0.0749 e. The minimum Gasteiger partial charge on any atom is -0.391 e. The van der Waals surface area contributed by atoms with Crippen molar-refractivity contribution in [3.63, 3.8) is 0 Å². The van der Waals surface area contributed by atoms with Crippen molar-refractivity contribution in [2.75, 3.05) is 13.1 Å². The van der Waals surface area contributed by atoms with Crippen molar-refractivity contribution in [2.45, 2.75) is 78.4 Å². The van der Waals surface area contributed by atoms with E-state index in [1.165, 1.54) is 25.7 Å². The number of aliphatic hydroxyl groups excluding tert-OH is 1. The van der Waals surface area contributed by atoms with Crippen LogP contribution in [0.1, 0.15) is 66.7 Å². The van der Waals surface area contributed by atoms with Gasteiger partial charge < -0.3 is 5.11 Å². The maximum absolute atomic E-state index is 10.9. The summed E-state index contributed by atoms with van der Waals surface area (Å²) in [6.45, 7) is 13.3. The molecule has 0 aromatic heterocycles. The van der Waals surface area contributed by atoms with Gasteiger partial charge in [-0.2, -0.15) is 0 Å². The van der Waals surface area contributed by atoms with Crippen molar-refractivity contribution in [3.8, 4) is 0 Å². The number of rotatable bonds is 6. The van der Waals surface area contributed by atoms with Crippen LogP contribution in [0.5, 0.6) is 0 Å². The normalized spacial score (nSPS) is 30.2. The number of hydrogen-bond acceptors (Lipinski definition) is 2. The van der Waals surface area contributed by atoms with Gasteiger partial charge in [-0.3, -0.25) is 4.90 Å². The average Bonchev–Trinajstić information content (AvgIpc) is 2.38. The van der Waals surface area contributed by atoms with E-state index in [-0.39, 0.29) is 11.6 Å². The minimum atomic E-state index is -0.176. The second kappa shape index (κ2) is 6.91. The van der Waals surface area contributed by atoms with Crippen LogP contribution in [0.15, 0.2) is 0 Å². The topological polar surface area (TPSA) is 23.5 Å². The second-order valence-corrected chi connectivity index (χ2v) is 6.36. The van der Waals surface area contributed by atoms with Gasteiger partial charge in [-0.25, -0.2) is 0 Å². The van der Waals surface area contributed by atoms with Crippen molar-refractivity contribution in [1.29, 1.82) is 0 Å². The van der Waals surface area contributed by atoms with Gasteiger partial charge in [0.05, 0.1) is 6.10 Å². The van der Waals surface area contributed by atoms with E-state index in [4.69, 9.17) is 0 Å². The van der Waals surface area contributed by atoms with E-state index in [1.54, 1.807) is 0 Å². The van der Waals surface area contributed by atoms with Gasteiger partial charge in [-0.05, 0) is 51.1 Å². The van der Waals surface area contributed by atoms with Gasteiger partial charge in [0.25, 0.3) is 0 Å². The molecule has 0 aliphatic heterocycles. The van der Waals surface area contributed by atoms with Crippen molar-refractivity contribution >= 4 is 0 Å². The Morgan fingerprint density at radius 1 is 1.22 bits per heavy atom. The van der Waals surface area contributed by atoms with Crippen LogP contribution in [0.2, 0.25) is 0 Å². The Morgan fingerprint density at radius 3 is 2.28 bits per heavy atom. The predicted octanol–water partition coefficient (Wildman–Crippen LogP) is 3.68.